The number of unbranched alkanes of at least 4 members (excludes halogenated alkanes) is 1. The normalized spacial score (nSPS) is 17.9. The standard InChI is InChI=1S/C16H24N2O/c1-3-5-10-18(4-2)16(19)15-11-13-8-6-7-9-14(13)12-17-15/h6-9,15,17H,3-5,10-12H2,1-2H3/t15-/m1/s1. The summed E-state index contributed by atoms with van der Waals surface area (Å²) in [5, 5.41) is 3.38. The molecule has 1 aromatic rings. The van der Waals surface area contributed by atoms with Crippen molar-refractivity contribution in [3.8, 4) is 0 Å². The number of benzene rings is 1. The Labute approximate surface area is 116 Å². The van der Waals surface area contributed by atoms with Gasteiger partial charge in [0.2, 0.25) is 5.91 Å². The minimum absolute atomic E-state index is 0.0493. The molecule has 1 amide bonds. The lowest BCUT2D eigenvalue weighted by Gasteiger charge is -2.30. The molecular formula is C16H24N2O. The largest absolute Gasteiger partial charge is 0.342 e. The molecule has 1 aliphatic heterocycles. The van der Waals surface area contributed by atoms with Gasteiger partial charge in [0.15, 0.2) is 0 Å². The van der Waals surface area contributed by atoms with Crippen molar-refractivity contribution < 1.29 is 4.79 Å². The van der Waals surface area contributed by atoms with E-state index in [4.69, 9.17) is 0 Å². The van der Waals surface area contributed by atoms with Gasteiger partial charge in [-0.15, -0.1) is 0 Å². The van der Waals surface area contributed by atoms with Gasteiger partial charge in [0, 0.05) is 19.6 Å². The van der Waals surface area contributed by atoms with E-state index in [1.807, 2.05) is 4.90 Å². The van der Waals surface area contributed by atoms with Crippen LogP contribution in [0.4, 0.5) is 0 Å². The summed E-state index contributed by atoms with van der Waals surface area (Å²) in [7, 11) is 0. The minimum atomic E-state index is -0.0493. The summed E-state index contributed by atoms with van der Waals surface area (Å²) < 4.78 is 0. The van der Waals surface area contributed by atoms with Crippen molar-refractivity contribution >= 4 is 5.91 Å². The van der Waals surface area contributed by atoms with Crippen LogP contribution in [-0.2, 0) is 17.8 Å². The summed E-state index contributed by atoms with van der Waals surface area (Å²) in [4.78, 5) is 14.5. The van der Waals surface area contributed by atoms with Crippen LogP contribution in [0.25, 0.3) is 0 Å². The van der Waals surface area contributed by atoms with Gasteiger partial charge in [-0.25, -0.2) is 0 Å². The number of likely N-dealkylation sites (N-methyl/N-ethyl adjacent to an activating group) is 1. The molecule has 0 fully saturated rings. The Bertz CT molecular complexity index is 431. The molecule has 1 heterocycles. The van der Waals surface area contributed by atoms with Gasteiger partial charge in [-0.3, -0.25) is 4.79 Å². The number of nitrogens with one attached hydrogen (secondary N) is 1. The van der Waals surface area contributed by atoms with E-state index in [1.54, 1.807) is 0 Å². The SMILES string of the molecule is CCCCN(CC)C(=O)[C@H]1Cc2ccccc2CN1. The van der Waals surface area contributed by atoms with E-state index < -0.39 is 0 Å². The van der Waals surface area contributed by atoms with Crippen molar-refractivity contribution in [1.29, 1.82) is 0 Å². The molecule has 19 heavy (non-hydrogen) atoms. The van der Waals surface area contributed by atoms with Crippen molar-refractivity contribution in [2.45, 2.75) is 45.7 Å². The fourth-order valence-corrected chi connectivity index (χ4v) is 2.62. The Hall–Kier alpha value is -1.35. The molecule has 104 valence electrons. The molecule has 1 N–H and O–H groups in total. The Morgan fingerprint density at radius 3 is 2.74 bits per heavy atom. The third-order valence-corrected chi connectivity index (χ3v) is 3.85. The average Bonchev–Trinajstić information content (AvgIpc) is 2.47. The molecule has 1 atom stereocenters. The second-order valence-corrected chi connectivity index (χ2v) is 5.18. The molecule has 1 aliphatic rings. The van der Waals surface area contributed by atoms with Gasteiger partial charge in [-0.05, 0) is 30.9 Å². The maximum atomic E-state index is 12.5. The van der Waals surface area contributed by atoms with E-state index >= 15 is 0 Å². The molecule has 0 radical (unpaired) electrons. The second kappa shape index (κ2) is 6.71. The quantitative estimate of drug-likeness (QED) is 0.881. The first-order valence-electron chi connectivity index (χ1n) is 7.35. The predicted molar refractivity (Wildman–Crippen MR) is 77.9 cm³/mol. The van der Waals surface area contributed by atoms with Crippen molar-refractivity contribution in [2.75, 3.05) is 13.1 Å². The number of carbonyl (C=O) groups is 1. The number of amides is 1. The van der Waals surface area contributed by atoms with E-state index in [2.05, 4.69) is 43.4 Å². The van der Waals surface area contributed by atoms with Crippen molar-refractivity contribution in [3.63, 3.8) is 0 Å². The smallest absolute Gasteiger partial charge is 0.240 e. The Kier molecular flexibility index (Phi) is 4.97. The van der Waals surface area contributed by atoms with E-state index in [9.17, 15) is 4.79 Å². The van der Waals surface area contributed by atoms with Crippen LogP contribution in [0.5, 0.6) is 0 Å². The van der Waals surface area contributed by atoms with Gasteiger partial charge in [-0.2, -0.15) is 0 Å². The first kappa shape index (κ1) is 14.1. The lowest BCUT2D eigenvalue weighted by molar-refractivity contribution is -0.133. The van der Waals surface area contributed by atoms with Crippen LogP contribution in [-0.4, -0.2) is 29.9 Å². The van der Waals surface area contributed by atoms with Gasteiger partial charge >= 0.3 is 0 Å². The van der Waals surface area contributed by atoms with Crippen LogP contribution >= 0.6 is 0 Å². The first-order valence-corrected chi connectivity index (χ1v) is 7.35. The summed E-state index contributed by atoms with van der Waals surface area (Å²) in [5.74, 6) is 0.255. The zero-order valence-corrected chi connectivity index (χ0v) is 12.0. The number of fused-ring (bicyclic) bond motifs is 1. The van der Waals surface area contributed by atoms with Crippen LogP contribution in [0.1, 0.15) is 37.8 Å². The number of nitrogens with zero attached hydrogens (tertiary/aromatic N) is 1. The van der Waals surface area contributed by atoms with Crippen molar-refractivity contribution in [3.05, 3.63) is 35.4 Å². The molecule has 0 unspecified atom stereocenters. The maximum Gasteiger partial charge on any atom is 0.240 e. The van der Waals surface area contributed by atoms with Gasteiger partial charge in [0.05, 0.1) is 6.04 Å². The second-order valence-electron chi connectivity index (χ2n) is 5.18. The zero-order chi connectivity index (χ0) is 13.7. The maximum absolute atomic E-state index is 12.5. The molecule has 2 rings (SSSR count). The van der Waals surface area contributed by atoms with Gasteiger partial charge in [0.1, 0.15) is 0 Å². The lowest BCUT2D eigenvalue weighted by Crippen LogP contribution is -2.49. The molecular weight excluding hydrogens is 236 g/mol. The third kappa shape index (κ3) is 3.35. The molecule has 0 aliphatic carbocycles. The highest BCUT2D eigenvalue weighted by molar-refractivity contribution is 5.82. The van der Waals surface area contributed by atoms with Gasteiger partial charge in [-0.1, -0.05) is 37.6 Å². The van der Waals surface area contributed by atoms with Gasteiger partial charge < -0.3 is 10.2 Å². The molecule has 1 aromatic carbocycles. The van der Waals surface area contributed by atoms with Crippen LogP contribution in [0, 0.1) is 0 Å². The number of hydrogen-bond acceptors (Lipinski definition) is 2. The minimum Gasteiger partial charge on any atom is -0.342 e. The molecule has 0 spiro atoms. The summed E-state index contributed by atoms with van der Waals surface area (Å²) in [6.07, 6.45) is 3.03. The summed E-state index contributed by atoms with van der Waals surface area (Å²) >= 11 is 0. The molecule has 3 nitrogen and oxygen atoms in total. The topological polar surface area (TPSA) is 32.3 Å². The number of hydrogen-bond donors (Lipinski definition) is 1. The number of rotatable bonds is 5. The lowest BCUT2D eigenvalue weighted by atomic mass is 9.95. The van der Waals surface area contributed by atoms with E-state index in [1.165, 1.54) is 11.1 Å². The Morgan fingerprint density at radius 2 is 2.05 bits per heavy atom. The van der Waals surface area contributed by atoms with Crippen LogP contribution in [0.2, 0.25) is 0 Å². The monoisotopic (exact) mass is 260 g/mol. The zero-order valence-electron chi connectivity index (χ0n) is 12.0. The molecule has 0 aromatic heterocycles. The molecule has 3 heteroatoms. The van der Waals surface area contributed by atoms with Crippen molar-refractivity contribution in [1.82, 2.24) is 10.2 Å². The Balaban J connectivity index is 2.01. The van der Waals surface area contributed by atoms with Crippen molar-refractivity contribution in [2.24, 2.45) is 0 Å². The Morgan fingerprint density at radius 1 is 1.32 bits per heavy atom. The van der Waals surface area contributed by atoms with E-state index in [0.717, 1.165) is 38.9 Å². The third-order valence-electron chi connectivity index (χ3n) is 3.85. The van der Waals surface area contributed by atoms with E-state index in [-0.39, 0.29) is 11.9 Å². The summed E-state index contributed by atoms with van der Waals surface area (Å²) in [6.45, 7) is 6.71. The first-order chi connectivity index (χ1) is 9.26. The fraction of sp³-hybridized carbons (Fsp3) is 0.562. The fourth-order valence-electron chi connectivity index (χ4n) is 2.62. The van der Waals surface area contributed by atoms with E-state index in [0.29, 0.717) is 0 Å². The molecule has 0 bridgehead atoms. The molecule has 0 saturated heterocycles. The highest BCUT2D eigenvalue weighted by Gasteiger charge is 2.26. The van der Waals surface area contributed by atoms with Crippen LogP contribution in [0.15, 0.2) is 24.3 Å². The number of carbonyl (C=O) groups excluding carboxylic acids is 1. The molecule has 0 saturated carbocycles. The van der Waals surface area contributed by atoms with Gasteiger partial charge in [0.25, 0.3) is 0 Å². The van der Waals surface area contributed by atoms with Crippen LogP contribution < -0.4 is 5.32 Å². The predicted octanol–water partition coefficient (Wildman–Crippen LogP) is 2.35. The summed E-state index contributed by atoms with van der Waals surface area (Å²) in [6, 6.07) is 8.34. The highest BCUT2D eigenvalue weighted by Crippen LogP contribution is 2.17. The highest BCUT2D eigenvalue weighted by atomic mass is 16.2. The van der Waals surface area contributed by atoms with Crippen LogP contribution in [0.3, 0.4) is 0 Å². The average molecular weight is 260 g/mol. The summed E-state index contributed by atoms with van der Waals surface area (Å²) in [5.41, 5.74) is 2.63.